The Morgan fingerprint density at radius 2 is 1.73 bits per heavy atom. The Balaban J connectivity index is 2.31. The summed E-state index contributed by atoms with van der Waals surface area (Å²) in [6.07, 6.45) is 0. The van der Waals surface area contributed by atoms with Crippen LogP contribution >= 0.6 is 22.9 Å². The first kappa shape index (κ1) is 13.2. The first-order valence-electron chi connectivity index (χ1n) is 5.58. The Bertz CT molecular complexity index is 201. The molecule has 0 aromatic heterocycles. The summed E-state index contributed by atoms with van der Waals surface area (Å²) in [5.41, 5.74) is 0. The Kier molecular flexibility index (Phi) is 5.84. The molecule has 0 atom stereocenters. The number of amides is 1. The van der Waals surface area contributed by atoms with E-state index in [1.165, 1.54) is 0 Å². The standard InChI is InChI=1S/C10H20IN3O/c1-3-13(4-2)10(15)9-12-5-7-14(11)8-6-12/h3-9H2,1-2H3. The van der Waals surface area contributed by atoms with Crippen LogP contribution in [0.5, 0.6) is 0 Å². The van der Waals surface area contributed by atoms with Gasteiger partial charge in [0.05, 0.1) is 6.54 Å². The summed E-state index contributed by atoms with van der Waals surface area (Å²) in [6.45, 7) is 10.4. The second-order valence-corrected chi connectivity index (χ2v) is 5.12. The summed E-state index contributed by atoms with van der Waals surface area (Å²) < 4.78 is 2.27. The number of carbonyl (C=O) groups excluding carboxylic acids is 1. The molecule has 1 amide bonds. The summed E-state index contributed by atoms with van der Waals surface area (Å²) in [5, 5.41) is 0. The molecular formula is C10H20IN3O. The molecule has 0 radical (unpaired) electrons. The molecule has 0 saturated carbocycles. The lowest BCUT2D eigenvalue weighted by atomic mass is 10.3. The normalized spacial score (nSPS) is 19.1. The average molecular weight is 325 g/mol. The topological polar surface area (TPSA) is 26.8 Å². The van der Waals surface area contributed by atoms with E-state index in [1.54, 1.807) is 0 Å². The predicted octanol–water partition coefficient (Wildman–Crippen LogP) is 0.822. The lowest BCUT2D eigenvalue weighted by Gasteiger charge is -2.32. The van der Waals surface area contributed by atoms with Crippen molar-refractivity contribution in [2.45, 2.75) is 13.8 Å². The van der Waals surface area contributed by atoms with Crippen LogP contribution in [0.4, 0.5) is 0 Å². The third-order valence-corrected chi connectivity index (χ3v) is 3.76. The quantitative estimate of drug-likeness (QED) is 0.566. The number of rotatable bonds is 4. The van der Waals surface area contributed by atoms with Gasteiger partial charge in [-0.2, -0.15) is 0 Å². The summed E-state index contributed by atoms with van der Waals surface area (Å²) in [6, 6.07) is 0. The van der Waals surface area contributed by atoms with Crippen LogP contribution in [0.2, 0.25) is 0 Å². The third kappa shape index (κ3) is 4.24. The maximum absolute atomic E-state index is 11.8. The molecule has 5 heteroatoms. The largest absolute Gasteiger partial charge is 0.342 e. The van der Waals surface area contributed by atoms with Crippen molar-refractivity contribution in [1.82, 2.24) is 12.9 Å². The van der Waals surface area contributed by atoms with Crippen LogP contribution < -0.4 is 0 Å². The van der Waals surface area contributed by atoms with E-state index < -0.39 is 0 Å². The second-order valence-electron chi connectivity index (χ2n) is 3.75. The summed E-state index contributed by atoms with van der Waals surface area (Å²) in [7, 11) is 0. The van der Waals surface area contributed by atoms with Gasteiger partial charge in [0.25, 0.3) is 0 Å². The van der Waals surface area contributed by atoms with Gasteiger partial charge in [0.15, 0.2) is 0 Å². The fourth-order valence-corrected chi connectivity index (χ4v) is 2.18. The number of carbonyl (C=O) groups is 1. The molecule has 1 heterocycles. The van der Waals surface area contributed by atoms with E-state index in [2.05, 4.69) is 30.9 Å². The van der Waals surface area contributed by atoms with Crippen molar-refractivity contribution in [3.05, 3.63) is 0 Å². The maximum atomic E-state index is 11.8. The van der Waals surface area contributed by atoms with E-state index >= 15 is 0 Å². The molecule has 1 aliphatic heterocycles. The minimum absolute atomic E-state index is 0.266. The molecule has 1 aliphatic rings. The maximum Gasteiger partial charge on any atom is 0.236 e. The van der Waals surface area contributed by atoms with E-state index in [0.29, 0.717) is 6.54 Å². The van der Waals surface area contributed by atoms with Gasteiger partial charge >= 0.3 is 0 Å². The molecule has 0 bridgehead atoms. The molecule has 0 aliphatic carbocycles. The van der Waals surface area contributed by atoms with Gasteiger partial charge in [0.2, 0.25) is 5.91 Å². The van der Waals surface area contributed by atoms with Gasteiger partial charge in [-0.1, -0.05) is 0 Å². The molecule has 1 fully saturated rings. The smallest absolute Gasteiger partial charge is 0.236 e. The van der Waals surface area contributed by atoms with Gasteiger partial charge < -0.3 is 4.90 Å². The third-order valence-electron chi connectivity index (χ3n) is 2.79. The first-order chi connectivity index (χ1) is 7.17. The van der Waals surface area contributed by atoms with Crippen LogP contribution in [0.1, 0.15) is 13.8 Å². The zero-order valence-electron chi connectivity index (χ0n) is 9.58. The van der Waals surface area contributed by atoms with Gasteiger partial charge in [0.1, 0.15) is 0 Å². The van der Waals surface area contributed by atoms with E-state index in [0.717, 1.165) is 39.3 Å². The van der Waals surface area contributed by atoms with Gasteiger partial charge in [0, 0.05) is 62.1 Å². The van der Waals surface area contributed by atoms with E-state index in [-0.39, 0.29) is 5.91 Å². The molecule has 0 unspecified atom stereocenters. The van der Waals surface area contributed by atoms with Crippen molar-refractivity contribution >= 4 is 28.8 Å². The fraction of sp³-hybridized carbons (Fsp3) is 0.900. The zero-order chi connectivity index (χ0) is 11.3. The summed E-state index contributed by atoms with van der Waals surface area (Å²) >= 11 is 2.34. The molecule has 0 aromatic carbocycles. The van der Waals surface area contributed by atoms with Crippen LogP contribution in [0.25, 0.3) is 0 Å². The van der Waals surface area contributed by atoms with Crippen LogP contribution in [0.15, 0.2) is 0 Å². The Hall–Kier alpha value is 0.120. The average Bonchev–Trinajstić information content (AvgIpc) is 2.23. The van der Waals surface area contributed by atoms with Crippen molar-refractivity contribution in [2.75, 3.05) is 45.8 Å². The van der Waals surface area contributed by atoms with Gasteiger partial charge in [-0.25, -0.2) is 3.11 Å². The Morgan fingerprint density at radius 1 is 1.20 bits per heavy atom. The highest BCUT2D eigenvalue weighted by molar-refractivity contribution is 14.1. The number of hydrogen-bond acceptors (Lipinski definition) is 3. The van der Waals surface area contributed by atoms with Gasteiger partial charge in [-0.05, 0) is 13.8 Å². The van der Waals surface area contributed by atoms with Crippen molar-refractivity contribution < 1.29 is 4.79 Å². The summed E-state index contributed by atoms with van der Waals surface area (Å²) in [5.74, 6) is 0.266. The van der Waals surface area contributed by atoms with E-state index in [9.17, 15) is 4.79 Å². The molecule has 15 heavy (non-hydrogen) atoms. The number of hydrogen-bond donors (Lipinski definition) is 0. The highest BCUT2D eigenvalue weighted by Gasteiger charge is 2.19. The predicted molar refractivity (Wildman–Crippen MR) is 70.0 cm³/mol. The van der Waals surface area contributed by atoms with Crippen molar-refractivity contribution in [3.8, 4) is 0 Å². The van der Waals surface area contributed by atoms with Gasteiger partial charge in [-0.3, -0.25) is 9.69 Å². The molecule has 0 N–H and O–H groups in total. The fourth-order valence-electron chi connectivity index (χ4n) is 1.75. The number of halogens is 1. The molecule has 0 aromatic rings. The zero-order valence-corrected chi connectivity index (χ0v) is 11.7. The van der Waals surface area contributed by atoms with Crippen LogP contribution in [0.3, 0.4) is 0 Å². The van der Waals surface area contributed by atoms with Crippen molar-refractivity contribution in [3.63, 3.8) is 0 Å². The number of nitrogens with zero attached hydrogens (tertiary/aromatic N) is 3. The number of likely N-dealkylation sites (N-methyl/N-ethyl adjacent to an activating group) is 1. The SMILES string of the molecule is CCN(CC)C(=O)CN1CCN(I)CC1. The summed E-state index contributed by atoms with van der Waals surface area (Å²) in [4.78, 5) is 16.0. The highest BCUT2D eigenvalue weighted by Crippen LogP contribution is 2.06. The van der Waals surface area contributed by atoms with Crippen molar-refractivity contribution in [2.24, 2.45) is 0 Å². The Labute approximate surface area is 106 Å². The monoisotopic (exact) mass is 325 g/mol. The second kappa shape index (κ2) is 6.65. The van der Waals surface area contributed by atoms with Gasteiger partial charge in [-0.15, -0.1) is 0 Å². The molecule has 1 saturated heterocycles. The molecule has 1 rings (SSSR count). The Morgan fingerprint density at radius 3 is 2.20 bits per heavy atom. The molecule has 4 nitrogen and oxygen atoms in total. The van der Waals surface area contributed by atoms with Crippen LogP contribution in [-0.2, 0) is 4.79 Å². The minimum atomic E-state index is 0.266. The van der Waals surface area contributed by atoms with E-state index in [1.807, 2.05) is 18.7 Å². The van der Waals surface area contributed by atoms with Crippen LogP contribution in [0, 0.1) is 0 Å². The van der Waals surface area contributed by atoms with E-state index in [4.69, 9.17) is 0 Å². The lowest BCUT2D eigenvalue weighted by Crippen LogP contribution is -2.47. The molecular weight excluding hydrogens is 305 g/mol. The number of piperazine rings is 1. The lowest BCUT2D eigenvalue weighted by molar-refractivity contribution is -0.132. The van der Waals surface area contributed by atoms with Crippen molar-refractivity contribution in [1.29, 1.82) is 0 Å². The first-order valence-corrected chi connectivity index (χ1v) is 6.54. The highest BCUT2D eigenvalue weighted by atomic mass is 127. The van der Waals surface area contributed by atoms with Crippen LogP contribution in [-0.4, -0.2) is 64.6 Å². The molecule has 88 valence electrons. The minimum Gasteiger partial charge on any atom is -0.342 e. The molecule has 0 spiro atoms.